The third-order valence-corrected chi connectivity index (χ3v) is 0.500. The van der Waals surface area contributed by atoms with E-state index in [4.69, 9.17) is 0 Å². The first-order chi connectivity index (χ1) is 3.83. The van der Waals surface area contributed by atoms with Crippen molar-refractivity contribution in [2.45, 2.75) is 13.8 Å². The summed E-state index contributed by atoms with van der Waals surface area (Å²) in [5, 5.41) is 0. The van der Waals surface area contributed by atoms with E-state index in [1.54, 1.807) is 12.2 Å². The van der Waals surface area contributed by atoms with Crippen LogP contribution in [-0.2, 0) is 0 Å². The van der Waals surface area contributed by atoms with Crippen LogP contribution in [0.25, 0.3) is 0 Å². The van der Waals surface area contributed by atoms with Gasteiger partial charge in [-0.1, -0.05) is 37.5 Å². The predicted molar refractivity (Wildman–Crippen MR) is 40.9 cm³/mol. The lowest BCUT2D eigenvalue weighted by Crippen LogP contribution is -1.26. The topological polar surface area (TPSA) is 0 Å². The molecule has 0 aromatic rings. The van der Waals surface area contributed by atoms with Gasteiger partial charge in [-0.15, -0.1) is 0 Å². The van der Waals surface area contributed by atoms with E-state index in [1.807, 2.05) is 26.0 Å². The van der Waals surface area contributed by atoms with Gasteiger partial charge in [-0.3, -0.25) is 0 Å². The van der Waals surface area contributed by atoms with Gasteiger partial charge in [0.1, 0.15) is 0 Å². The van der Waals surface area contributed by atoms with Crippen LogP contribution >= 0.6 is 0 Å². The first-order valence-electron chi connectivity index (χ1n) is 2.64. The van der Waals surface area contributed by atoms with Crippen LogP contribution in [0.15, 0.2) is 37.5 Å². The maximum atomic E-state index is 3.36. The molecular formula is C8H14. The van der Waals surface area contributed by atoms with Gasteiger partial charge in [0, 0.05) is 0 Å². The molecule has 0 saturated carbocycles. The van der Waals surface area contributed by atoms with Crippen molar-refractivity contribution in [2.24, 2.45) is 0 Å². The average Bonchev–Trinajstić information content (AvgIpc) is 1.88. The van der Waals surface area contributed by atoms with Gasteiger partial charge < -0.3 is 0 Å². The van der Waals surface area contributed by atoms with E-state index in [-0.39, 0.29) is 0 Å². The van der Waals surface area contributed by atoms with Crippen LogP contribution < -0.4 is 0 Å². The summed E-state index contributed by atoms with van der Waals surface area (Å²) in [5.41, 5.74) is 0. The third kappa shape index (κ3) is 62.5. The van der Waals surface area contributed by atoms with Crippen molar-refractivity contribution in [3.8, 4) is 0 Å². The lowest BCUT2D eigenvalue weighted by atomic mass is 10.6. The zero-order valence-electron chi connectivity index (χ0n) is 5.72. The van der Waals surface area contributed by atoms with Crippen LogP contribution in [0.2, 0.25) is 0 Å². The number of hydrogen-bond acceptors (Lipinski definition) is 0. The molecule has 0 atom stereocenters. The maximum absolute atomic E-state index is 3.36. The van der Waals surface area contributed by atoms with Crippen LogP contribution in [0.5, 0.6) is 0 Å². The molecule has 0 radical (unpaired) electrons. The van der Waals surface area contributed by atoms with Crippen molar-refractivity contribution >= 4 is 0 Å². The Morgan fingerprint density at radius 1 is 0.875 bits per heavy atom. The van der Waals surface area contributed by atoms with Crippen LogP contribution in [0.1, 0.15) is 13.8 Å². The molecule has 0 aliphatic heterocycles. The summed E-state index contributed by atoms with van der Waals surface area (Å²) in [6, 6.07) is 0. The highest BCUT2D eigenvalue weighted by Crippen LogP contribution is 1.57. The highest BCUT2D eigenvalue weighted by atomic mass is 13.4. The Bertz CT molecular complexity index is 58.1. The van der Waals surface area contributed by atoms with E-state index in [1.165, 1.54) is 0 Å². The van der Waals surface area contributed by atoms with Crippen molar-refractivity contribution in [3.63, 3.8) is 0 Å². The molecular weight excluding hydrogens is 96.1 g/mol. The molecule has 0 aliphatic rings. The Balaban J connectivity index is 0. The lowest BCUT2D eigenvalue weighted by Gasteiger charge is -1.49. The monoisotopic (exact) mass is 110 g/mol. The Morgan fingerprint density at radius 2 is 1.12 bits per heavy atom. The van der Waals surface area contributed by atoms with Gasteiger partial charge in [-0.05, 0) is 13.8 Å². The molecule has 0 spiro atoms. The summed E-state index contributed by atoms with van der Waals surface area (Å²) in [5.74, 6) is 0. The highest BCUT2D eigenvalue weighted by Gasteiger charge is 1.34. The molecule has 0 bridgehead atoms. The van der Waals surface area contributed by atoms with E-state index < -0.39 is 0 Å². The standard InChI is InChI=1S/C4H8.C4H6/c2*1-3-4-2/h3-4H,1-2H3;3-4H,1-2H2/b4-3-;. The summed E-state index contributed by atoms with van der Waals surface area (Å²) in [4.78, 5) is 0. The van der Waals surface area contributed by atoms with E-state index in [9.17, 15) is 0 Å². The van der Waals surface area contributed by atoms with Crippen LogP contribution in [0.4, 0.5) is 0 Å². The van der Waals surface area contributed by atoms with Crippen molar-refractivity contribution in [1.29, 1.82) is 0 Å². The van der Waals surface area contributed by atoms with Crippen LogP contribution in [0, 0.1) is 0 Å². The molecule has 8 heavy (non-hydrogen) atoms. The smallest absolute Gasteiger partial charge is 0.0470 e. The van der Waals surface area contributed by atoms with Crippen LogP contribution in [0.3, 0.4) is 0 Å². The van der Waals surface area contributed by atoms with Gasteiger partial charge in [0.25, 0.3) is 0 Å². The Labute approximate surface area is 52.2 Å². The molecule has 0 aromatic heterocycles. The number of allylic oxidation sites excluding steroid dienone is 4. The minimum Gasteiger partial charge on any atom is -0.0991 e. The minimum atomic E-state index is 1.64. The fourth-order valence-corrected chi connectivity index (χ4v) is 0. The molecule has 0 unspecified atom stereocenters. The average molecular weight is 110 g/mol. The van der Waals surface area contributed by atoms with Gasteiger partial charge in [0.05, 0.1) is 0 Å². The molecule has 0 amide bonds. The molecule has 0 nitrogen and oxygen atoms in total. The summed E-state index contributed by atoms with van der Waals surface area (Å²) in [6.45, 7) is 10.7. The van der Waals surface area contributed by atoms with Crippen LogP contribution in [-0.4, -0.2) is 0 Å². The lowest BCUT2D eigenvalue weighted by molar-refractivity contribution is 1.64. The molecule has 0 heteroatoms. The second-order valence-electron chi connectivity index (χ2n) is 1.14. The minimum absolute atomic E-state index is 1.64. The largest absolute Gasteiger partial charge is 0.0991 e. The zero-order chi connectivity index (χ0) is 6.83. The van der Waals surface area contributed by atoms with Crippen molar-refractivity contribution < 1.29 is 0 Å². The van der Waals surface area contributed by atoms with Gasteiger partial charge in [0.15, 0.2) is 0 Å². The Morgan fingerprint density at radius 3 is 1.12 bits per heavy atom. The number of hydrogen-bond donors (Lipinski definition) is 0. The maximum Gasteiger partial charge on any atom is -0.0470 e. The SMILES string of the molecule is C/C=C\C.C=CC=C. The quantitative estimate of drug-likeness (QED) is 0.359. The molecule has 0 fully saturated rings. The zero-order valence-corrected chi connectivity index (χ0v) is 5.72. The normalized spacial score (nSPS) is 7.25. The summed E-state index contributed by atoms with van der Waals surface area (Å²) < 4.78 is 0. The molecule has 0 rings (SSSR count). The first kappa shape index (κ1) is 10.3. The summed E-state index contributed by atoms with van der Waals surface area (Å²) >= 11 is 0. The van der Waals surface area contributed by atoms with E-state index in [0.29, 0.717) is 0 Å². The summed E-state index contributed by atoms with van der Waals surface area (Å²) in [7, 11) is 0. The Hall–Kier alpha value is -0.780. The van der Waals surface area contributed by atoms with Crippen molar-refractivity contribution in [3.05, 3.63) is 37.5 Å². The fourth-order valence-electron chi connectivity index (χ4n) is 0. The second kappa shape index (κ2) is 16.3. The first-order valence-corrected chi connectivity index (χ1v) is 2.64. The number of rotatable bonds is 1. The summed E-state index contributed by atoms with van der Waals surface area (Å²) in [6.07, 6.45) is 7.28. The highest BCUT2D eigenvalue weighted by molar-refractivity contribution is 4.88. The fraction of sp³-hybridized carbons (Fsp3) is 0.250. The second-order valence-corrected chi connectivity index (χ2v) is 1.14. The van der Waals surface area contributed by atoms with E-state index in [0.717, 1.165) is 0 Å². The van der Waals surface area contributed by atoms with E-state index >= 15 is 0 Å². The van der Waals surface area contributed by atoms with E-state index in [2.05, 4.69) is 13.2 Å². The van der Waals surface area contributed by atoms with Crippen molar-refractivity contribution in [2.75, 3.05) is 0 Å². The van der Waals surface area contributed by atoms with Gasteiger partial charge in [-0.25, -0.2) is 0 Å². The molecule has 0 saturated heterocycles. The Kier molecular flexibility index (Phi) is 20.9. The van der Waals surface area contributed by atoms with Crippen molar-refractivity contribution in [1.82, 2.24) is 0 Å². The molecule has 0 aliphatic carbocycles. The van der Waals surface area contributed by atoms with Gasteiger partial charge >= 0.3 is 0 Å². The third-order valence-electron chi connectivity index (χ3n) is 0.500. The molecule has 0 aromatic carbocycles. The molecule has 0 heterocycles. The molecule has 0 N–H and O–H groups in total. The molecule has 46 valence electrons. The van der Waals surface area contributed by atoms with Gasteiger partial charge in [0.2, 0.25) is 0 Å². The predicted octanol–water partition coefficient (Wildman–Crippen LogP) is 2.94. The van der Waals surface area contributed by atoms with Gasteiger partial charge in [-0.2, -0.15) is 0 Å².